The molecule has 7 heteroatoms. The van der Waals surface area contributed by atoms with Crippen molar-refractivity contribution in [3.8, 4) is 5.69 Å². The summed E-state index contributed by atoms with van der Waals surface area (Å²) in [5, 5.41) is 10.1. The van der Waals surface area contributed by atoms with Gasteiger partial charge >= 0.3 is 6.03 Å². The topological polar surface area (TPSA) is 76.8 Å². The Morgan fingerprint density at radius 1 is 1.12 bits per heavy atom. The molecular weight excluding hydrogens is 316 g/mol. The standard InChI is InChI=1S/C18H22N6O/c1-14(12-23-11-9-19-13-23)21-18(25)22-15(2)16-4-6-17(7-5-16)24-10-3-8-20-24/h3-11,13-15H,12H2,1-2H3,(H2,21,22,25)/t14-,15-/m1/s1. The zero-order valence-corrected chi connectivity index (χ0v) is 14.3. The molecule has 2 amide bonds. The van der Waals surface area contributed by atoms with Crippen LogP contribution in [-0.2, 0) is 6.54 Å². The van der Waals surface area contributed by atoms with Crippen molar-refractivity contribution in [3.05, 3.63) is 67.0 Å². The minimum atomic E-state index is -0.184. The highest BCUT2D eigenvalue weighted by atomic mass is 16.2. The molecule has 0 bridgehead atoms. The normalized spacial score (nSPS) is 13.2. The first-order valence-corrected chi connectivity index (χ1v) is 8.24. The Morgan fingerprint density at radius 2 is 1.92 bits per heavy atom. The summed E-state index contributed by atoms with van der Waals surface area (Å²) in [6.45, 7) is 4.60. The van der Waals surface area contributed by atoms with Gasteiger partial charge in [0.1, 0.15) is 0 Å². The molecule has 0 aliphatic heterocycles. The van der Waals surface area contributed by atoms with Crippen LogP contribution in [0.3, 0.4) is 0 Å². The molecule has 1 aromatic carbocycles. The monoisotopic (exact) mass is 338 g/mol. The second kappa shape index (κ2) is 7.65. The van der Waals surface area contributed by atoms with Crippen LogP contribution < -0.4 is 10.6 Å². The second-order valence-corrected chi connectivity index (χ2v) is 6.04. The SMILES string of the molecule is C[C@H](Cn1ccnc1)NC(=O)N[C@H](C)c1ccc(-n2cccn2)cc1. The lowest BCUT2D eigenvalue weighted by Crippen LogP contribution is -2.43. The minimum absolute atomic E-state index is 0.00333. The number of benzene rings is 1. The van der Waals surface area contributed by atoms with Crippen LogP contribution in [0.15, 0.2) is 61.4 Å². The number of nitrogens with one attached hydrogen (secondary N) is 2. The summed E-state index contributed by atoms with van der Waals surface area (Å²) in [5.74, 6) is 0. The lowest BCUT2D eigenvalue weighted by molar-refractivity contribution is 0.233. The molecule has 0 fully saturated rings. The first kappa shape index (κ1) is 16.8. The van der Waals surface area contributed by atoms with E-state index in [2.05, 4.69) is 20.7 Å². The number of carbonyl (C=O) groups is 1. The van der Waals surface area contributed by atoms with E-state index in [1.54, 1.807) is 23.4 Å². The predicted octanol–water partition coefficient (Wildman–Crippen LogP) is 2.52. The van der Waals surface area contributed by atoms with Gasteiger partial charge in [-0.3, -0.25) is 0 Å². The van der Waals surface area contributed by atoms with Crippen molar-refractivity contribution >= 4 is 6.03 Å². The molecule has 0 aliphatic carbocycles. The van der Waals surface area contributed by atoms with Gasteiger partial charge in [0.15, 0.2) is 0 Å². The molecule has 2 heterocycles. The highest BCUT2D eigenvalue weighted by Gasteiger charge is 2.12. The number of nitrogens with zero attached hydrogens (tertiary/aromatic N) is 4. The van der Waals surface area contributed by atoms with Crippen LogP contribution in [-0.4, -0.2) is 31.4 Å². The lowest BCUT2D eigenvalue weighted by Gasteiger charge is -2.19. The van der Waals surface area contributed by atoms with E-state index in [1.165, 1.54) is 0 Å². The molecule has 0 unspecified atom stereocenters. The molecule has 2 atom stereocenters. The minimum Gasteiger partial charge on any atom is -0.335 e. The summed E-state index contributed by atoms with van der Waals surface area (Å²) in [4.78, 5) is 16.2. The van der Waals surface area contributed by atoms with E-state index in [-0.39, 0.29) is 18.1 Å². The van der Waals surface area contributed by atoms with Gasteiger partial charge in [-0.2, -0.15) is 5.10 Å². The molecule has 3 rings (SSSR count). The van der Waals surface area contributed by atoms with Crippen LogP contribution >= 0.6 is 0 Å². The van der Waals surface area contributed by atoms with E-state index >= 15 is 0 Å². The fourth-order valence-electron chi connectivity index (χ4n) is 2.64. The fourth-order valence-corrected chi connectivity index (χ4v) is 2.64. The van der Waals surface area contributed by atoms with Crippen LogP contribution in [0.5, 0.6) is 0 Å². The Hall–Kier alpha value is -3.09. The lowest BCUT2D eigenvalue weighted by atomic mass is 10.1. The van der Waals surface area contributed by atoms with Gasteiger partial charge in [0.2, 0.25) is 0 Å². The number of urea groups is 1. The third-order valence-corrected chi connectivity index (χ3v) is 3.93. The first-order chi connectivity index (χ1) is 12.1. The summed E-state index contributed by atoms with van der Waals surface area (Å²) in [7, 11) is 0. The van der Waals surface area contributed by atoms with Gasteiger partial charge < -0.3 is 15.2 Å². The van der Waals surface area contributed by atoms with Crippen molar-refractivity contribution in [2.45, 2.75) is 32.5 Å². The van der Waals surface area contributed by atoms with Gasteiger partial charge in [0.05, 0.1) is 18.1 Å². The summed E-state index contributed by atoms with van der Waals surface area (Å²) >= 11 is 0. The zero-order valence-electron chi connectivity index (χ0n) is 14.3. The largest absolute Gasteiger partial charge is 0.335 e. The van der Waals surface area contributed by atoms with Crippen LogP contribution in [0.2, 0.25) is 0 Å². The molecule has 2 aromatic heterocycles. The van der Waals surface area contributed by atoms with Crippen molar-refractivity contribution in [2.75, 3.05) is 0 Å². The maximum absolute atomic E-state index is 12.2. The number of amides is 2. The van der Waals surface area contributed by atoms with E-state index in [0.717, 1.165) is 11.3 Å². The third kappa shape index (κ3) is 4.47. The van der Waals surface area contributed by atoms with Gasteiger partial charge in [-0.25, -0.2) is 14.5 Å². The Morgan fingerprint density at radius 3 is 2.56 bits per heavy atom. The van der Waals surface area contributed by atoms with Crippen LogP contribution in [0.1, 0.15) is 25.5 Å². The molecule has 2 N–H and O–H groups in total. The van der Waals surface area contributed by atoms with Gasteiger partial charge in [-0.15, -0.1) is 0 Å². The summed E-state index contributed by atoms with van der Waals surface area (Å²) in [6, 6.07) is 9.58. The summed E-state index contributed by atoms with van der Waals surface area (Å²) < 4.78 is 3.73. The quantitative estimate of drug-likeness (QED) is 0.725. The third-order valence-electron chi connectivity index (χ3n) is 3.93. The van der Waals surface area contributed by atoms with E-state index in [9.17, 15) is 4.79 Å². The average molecular weight is 338 g/mol. The van der Waals surface area contributed by atoms with Crippen molar-refractivity contribution in [3.63, 3.8) is 0 Å². The van der Waals surface area contributed by atoms with E-state index < -0.39 is 0 Å². The number of hydrogen-bond donors (Lipinski definition) is 2. The highest BCUT2D eigenvalue weighted by molar-refractivity contribution is 5.74. The fraction of sp³-hybridized carbons (Fsp3) is 0.278. The van der Waals surface area contributed by atoms with Gasteiger partial charge in [0.25, 0.3) is 0 Å². The molecule has 3 aromatic rings. The van der Waals surface area contributed by atoms with Gasteiger partial charge in [-0.05, 0) is 37.6 Å². The summed E-state index contributed by atoms with van der Waals surface area (Å²) in [5.41, 5.74) is 2.02. The first-order valence-electron chi connectivity index (χ1n) is 8.24. The van der Waals surface area contributed by atoms with Crippen molar-refractivity contribution in [1.29, 1.82) is 0 Å². The number of aromatic nitrogens is 4. The van der Waals surface area contributed by atoms with Crippen molar-refractivity contribution in [1.82, 2.24) is 30.0 Å². The molecule has 7 nitrogen and oxygen atoms in total. The van der Waals surface area contributed by atoms with Crippen LogP contribution in [0.4, 0.5) is 4.79 Å². The predicted molar refractivity (Wildman–Crippen MR) is 95.3 cm³/mol. The molecule has 130 valence electrons. The maximum Gasteiger partial charge on any atom is 0.315 e. The van der Waals surface area contributed by atoms with Crippen molar-refractivity contribution < 1.29 is 4.79 Å². The molecule has 25 heavy (non-hydrogen) atoms. The van der Waals surface area contributed by atoms with Crippen LogP contribution in [0, 0.1) is 0 Å². The molecular formula is C18H22N6O. The zero-order chi connectivity index (χ0) is 17.6. The molecule has 0 radical (unpaired) electrons. The smallest absolute Gasteiger partial charge is 0.315 e. The second-order valence-electron chi connectivity index (χ2n) is 6.04. The Bertz CT molecular complexity index is 780. The van der Waals surface area contributed by atoms with Gasteiger partial charge in [0, 0.05) is 37.4 Å². The summed E-state index contributed by atoms with van der Waals surface area (Å²) in [6.07, 6.45) is 8.97. The average Bonchev–Trinajstić information content (AvgIpc) is 3.28. The molecule has 0 aliphatic rings. The molecule has 0 saturated heterocycles. The Labute approximate surface area is 146 Å². The highest BCUT2D eigenvalue weighted by Crippen LogP contribution is 2.15. The van der Waals surface area contributed by atoms with Gasteiger partial charge in [-0.1, -0.05) is 12.1 Å². The van der Waals surface area contributed by atoms with E-state index in [1.807, 2.05) is 61.1 Å². The maximum atomic E-state index is 12.2. The van der Waals surface area contributed by atoms with E-state index in [4.69, 9.17) is 0 Å². The molecule has 0 spiro atoms. The Balaban J connectivity index is 1.52. The van der Waals surface area contributed by atoms with E-state index in [0.29, 0.717) is 6.54 Å². The Kier molecular flexibility index (Phi) is 5.13. The van der Waals surface area contributed by atoms with Crippen LogP contribution in [0.25, 0.3) is 5.69 Å². The van der Waals surface area contributed by atoms with Crippen molar-refractivity contribution in [2.24, 2.45) is 0 Å². The number of hydrogen-bond acceptors (Lipinski definition) is 3. The number of imidazole rings is 1. The number of carbonyl (C=O) groups excluding carboxylic acids is 1. The number of rotatable bonds is 6. The molecule has 0 saturated carbocycles.